The number of alkyl halides is 3. The number of nitrogens with zero attached hydrogens (tertiary/aromatic N) is 3. The number of nitrogens with one attached hydrogen (secondary N) is 3. The van der Waals surface area contributed by atoms with E-state index in [4.69, 9.17) is 9.47 Å². The first-order valence-corrected chi connectivity index (χ1v) is 13.0. The number of carbonyl (C=O) groups is 2. The molecule has 1 saturated heterocycles. The summed E-state index contributed by atoms with van der Waals surface area (Å²) in [6.45, 7) is 3.74. The van der Waals surface area contributed by atoms with Gasteiger partial charge in [0.05, 0.1) is 18.4 Å². The average Bonchev–Trinajstić information content (AvgIpc) is 3.30. The predicted octanol–water partition coefficient (Wildman–Crippen LogP) is 4.42. The van der Waals surface area contributed by atoms with Crippen molar-refractivity contribution in [2.75, 3.05) is 32.6 Å². The van der Waals surface area contributed by atoms with Crippen molar-refractivity contribution in [1.29, 1.82) is 0 Å². The summed E-state index contributed by atoms with van der Waals surface area (Å²) >= 11 is 0. The quantitative estimate of drug-likeness (QED) is 0.382. The van der Waals surface area contributed by atoms with Crippen LogP contribution in [-0.4, -0.2) is 60.0 Å². The van der Waals surface area contributed by atoms with Crippen LogP contribution in [0.2, 0.25) is 0 Å². The highest BCUT2D eigenvalue weighted by atomic mass is 19.4. The van der Waals surface area contributed by atoms with Crippen molar-refractivity contribution in [2.45, 2.75) is 38.5 Å². The summed E-state index contributed by atoms with van der Waals surface area (Å²) in [4.78, 5) is 35.3. The van der Waals surface area contributed by atoms with E-state index in [0.717, 1.165) is 25.9 Å². The van der Waals surface area contributed by atoms with Crippen molar-refractivity contribution in [1.82, 2.24) is 25.5 Å². The molecular formula is C28H29F3N6O4. The maximum atomic E-state index is 13.8. The van der Waals surface area contributed by atoms with Gasteiger partial charge in [0.2, 0.25) is 11.8 Å². The Kier molecular flexibility index (Phi) is 7.72. The minimum Gasteiger partial charge on any atom is -0.495 e. The van der Waals surface area contributed by atoms with Crippen LogP contribution in [-0.2, 0) is 12.7 Å². The summed E-state index contributed by atoms with van der Waals surface area (Å²) in [5.41, 5.74) is 0.915. The van der Waals surface area contributed by atoms with Crippen molar-refractivity contribution < 1.29 is 32.2 Å². The van der Waals surface area contributed by atoms with E-state index in [0.29, 0.717) is 28.6 Å². The standard InChI is InChI=1S/C28H29F3N6O4/c1-15-10-20(22(40-3)11-18(15)24(38)34-17-7-5-9-37(2)14-17)35-27-33-13-19(28(29,30)31)26(36-27)41-21-8-4-6-16-12-32-25(39)23(16)21/h4,6,8,10-11,13,17H,5,7,9,12,14H2,1-3H3,(H,32,39)(H,34,38)(H,33,35,36)/t17-/m0/s1. The molecule has 0 saturated carbocycles. The SMILES string of the molecule is COc1cc(C(=O)N[C@H]2CCCN(C)C2)c(C)cc1Nc1ncc(C(F)(F)F)c(Oc2cccc3c2C(=O)NC3)n1. The van der Waals surface area contributed by atoms with Crippen LogP contribution >= 0.6 is 0 Å². The molecule has 216 valence electrons. The maximum Gasteiger partial charge on any atom is 0.423 e. The van der Waals surface area contributed by atoms with E-state index in [-0.39, 0.29) is 41.5 Å². The number of fused-ring (bicyclic) bond motifs is 1. The van der Waals surface area contributed by atoms with Gasteiger partial charge in [-0.25, -0.2) is 4.98 Å². The van der Waals surface area contributed by atoms with Crippen LogP contribution in [0, 0.1) is 6.92 Å². The fourth-order valence-corrected chi connectivity index (χ4v) is 5.00. The lowest BCUT2D eigenvalue weighted by atomic mass is 10.0. The molecule has 0 radical (unpaired) electrons. The average molecular weight is 571 g/mol. The zero-order valence-electron chi connectivity index (χ0n) is 22.7. The molecule has 2 aliphatic heterocycles. The second-order valence-corrected chi connectivity index (χ2v) is 10.1. The number of methoxy groups -OCH3 is 1. The molecule has 0 bridgehead atoms. The molecule has 2 amide bonds. The van der Waals surface area contributed by atoms with E-state index in [1.807, 2.05) is 7.05 Å². The summed E-state index contributed by atoms with van der Waals surface area (Å²) in [5.74, 6) is -1.45. The molecule has 1 fully saturated rings. The molecule has 3 aromatic rings. The van der Waals surface area contributed by atoms with Gasteiger partial charge in [-0.15, -0.1) is 0 Å². The van der Waals surface area contributed by atoms with E-state index in [1.165, 1.54) is 13.2 Å². The highest BCUT2D eigenvalue weighted by molar-refractivity contribution is 6.01. The van der Waals surface area contributed by atoms with E-state index < -0.39 is 23.5 Å². The molecular weight excluding hydrogens is 541 g/mol. The van der Waals surface area contributed by atoms with E-state index in [1.54, 1.807) is 31.2 Å². The smallest absolute Gasteiger partial charge is 0.423 e. The number of anilines is 2. The minimum atomic E-state index is -4.81. The Bertz CT molecular complexity index is 1500. The molecule has 13 heteroatoms. The molecule has 1 atom stereocenters. The van der Waals surface area contributed by atoms with Crippen LogP contribution < -0.4 is 25.4 Å². The second kappa shape index (κ2) is 11.2. The monoisotopic (exact) mass is 570 g/mol. The van der Waals surface area contributed by atoms with E-state index in [2.05, 4.69) is 30.8 Å². The maximum absolute atomic E-state index is 13.8. The highest BCUT2D eigenvalue weighted by Gasteiger charge is 2.37. The van der Waals surface area contributed by atoms with Crippen molar-refractivity contribution >= 4 is 23.5 Å². The van der Waals surface area contributed by atoms with Gasteiger partial charge in [-0.05, 0) is 62.7 Å². The molecule has 10 nitrogen and oxygen atoms in total. The van der Waals surface area contributed by atoms with Gasteiger partial charge in [-0.1, -0.05) is 12.1 Å². The molecule has 1 aromatic heterocycles. The minimum absolute atomic E-state index is 0.0281. The number of aromatic nitrogens is 2. The number of piperidine rings is 1. The Morgan fingerprint density at radius 1 is 1.22 bits per heavy atom. The number of rotatable bonds is 7. The van der Waals surface area contributed by atoms with Gasteiger partial charge in [0.15, 0.2) is 0 Å². The first-order chi connectivity index (χ1) is 19.5. The zero-order valence-corrected chi connectivity index (χ0v) is 22.7. The molecule has 2 aromatic carbocycles. The Balaban J connectivity index is 1.43. The number of benzene rings is 2. The van der Waals surface area contributed by atoms with Gasteiger partial charge in [-0.3, -0.25) is 9.59 Å². The number of hydrogen-bond donors (Lipinski definition) is 3. The third-order valence-electron chi connectivity index (χ3n) is 7.04. The number of ether oxygens (including phenoxy) is 2. The number of aryl methyl sites for hydroxylation is 1. The first-order valence-electron chi connectivity index (χ1n) is 13.0. The van der Waals surface area contributed by atoms with Crippen LogP contribution in [0.5, 0.6) is 17.4 Å². The summed E-state index contributed by atoms with van der Waals surface area (Å²) < 4.78 is 52.5. The largest absolute Gasteiger partial charge is 0.495 e. The van der Waals surface area contributed by atoms with Gasteiger partial charge in [0.1, 0.15) is 17.1 Å². The van der Waals surface area contributed by atoms with Crippen molar-refractivity contribution in [2.24, 2.45) is 0 Å². The van der Waals surface area contributed by atoms with Gasteiger partial charge in [0.25, 0.3) is 11.8 Å². The topological polar surface area (TPSA) is 118 Å². The summed E-state index contributed by atoms with van der Waals surface area (Å²) in [6.07, 6.45) is -2.33. The Morgan fingerprint density at radius 2 is 2.02 bits per heavy atom. The third kappa shape index (κ3) is 6.04. The number of likely N-dealkylation sites (tertiary alicyclic amines) is 1. The zero-order chi connectivity index (χ0) is 29.3. The second-order valence-electron chi connectivity index (χ2n) is 10.1. The Morgan fingerprint density at radius 3 is 2.76 bits per heavy atom. The van der Waals surface area contributed by atoms with E-state index >= 15 is 0 Å². The molecule has 5 rings (SSSR count). The predicted molar refractivity (Wildman–Crippen MR) is 144 cm³/mol. The molecule has 0 aliphatic carbocycles. The van der Waals surface area contributed by atoms with Crippen molar-refractivity contribution in [3.63, 3.8) is 0 Å². The normalized spacial score (nSPS) is 17.0. The summed E-state index contributed by atoms with van der Waals surface area (Å²) in [6, 6.07) is 7.90. The van der Waals surface area contributed by atoms with Crippen LogP contribution in [0.3, 0.4) is 0 Å². The van der Waals surface area contributed by atoms with Crippen LogP contribution in [0.15, 0.2) is 36.5 Å². The fraction of sp³-hybridized carbons (Fsp3) is 0.357. The van der Waals surface area contributed by atoms with Crippen LogP contribution in [0.25, 0.3) is 0 Å². The third-order valence-corrected chi connectivity index (χ3v) is 7.04. The van der Waals surface area contributed by atoms with Crippen molar-refractivity contribution in [3.8, 4) is 17.4 Å². The number of carbonyl (C=O) groups excluding carboxylic acids is 2. The van der Waals surface area contributed by atoms with Crippen molar-refractivity contribution in [3.05, 3.63) is 64.3 Å². The number of likely N-dealkylation sites (N-methyl/N-ethyl adjacent to an activating group) is 1. The molecule has 41 heavy (non-hydrogen) atoms. The summed E-state index contributed by atoms with van der Waals surface area (Å²) in [7, 11) is 3.42. The molecule has 3 heterocycles. The lowest BCUT2D eigenvalue weighted by Crippen LogP contribution is -2.46. The van der Waals surface area contributed by atoms with E-state index in [9.17, 15) is 22.8 Å². The first kappa shape index (κ1) is 28.1. The Hall–Kier alpha value is -4.39. The molecule has 0 spiro atoms. The molecule has 0 unspecified atom stereocenters. The number of halogens is 3. The van der Waals surface area contributed by atoms with Gasteiger partial charge < -0.3 is 30.3 Å². The highest BCUT2D eigenvalue weighted by Crippen LogP contribution is 2.39. The molecule has 2 aliphatic rings. The van der Waals surface area contributed by atoms with Gasteiger partial charge >= 0.3 is 6.18 Å². The van der Waals surface area contributed by atoms with Gasteiger partial charge in [0, 0.05) is 30.9 Å². The van der Waals surface area contributed by atoms with Crippen LogP contribution in [0.1, 0.15) is 50.2 Å². The summed E-state index contributed by atoms with van der Waals surface area (Å²) in [5, 5.41) is 8.56. The van der Waals surface area contributed by atoms with Gasteiger partial charge in [-0.2, -0.15) is 18.2 Å². The Labute approximate surface area is 234 Å². The van der Waals surface area contributed by atoms with Crippen LogP contribution in [0.4, 0.5) is 24.8 Å². The number of amides is 2. The lowest BCUT2D eigenvalue weighted by Gasteiger charge is -2.30. The molecule has 3 N–H and O–H groups in total. The number of hydrogen-bond acceptors (Lipinski definition) is 8. The lowest BCUT2D eigenvalue weighted by molar-refractivity contribution is -0.139. The fourth-order valence-electron chi connectivity index (χ4n) is 5.00.